The van der Waals surface area contributed by atoms with E-state index in [0.29, 0.717) is 5.56 Å². The third kappa shape index (κ3) is 2.86. The second-order valence-electron chi connectivity index (χ2n) is 4.76. The van der Waals surface area contributed by atoms with Crippen molar-refractivity contribution >= 4 is 37.4 Å². The van der Waals surface area contributed by atoms with Gasteiger partial charge in [0.25, 0.3) is 0 Å². The van der Waals surface area contributed by atoms with Gasteiger partial charge in [-0.1, -0.05) is 18.2 Å². The van der Waals surface area contributed by atoms with Gasteiger partial charge in [-0.25, -0.2) is 8.78 Å². The molecule has 0 saturated carbocycles. The van der Waals surface area contributed by atoms with Crippen molar-refractivity contribution in [3.05, 3.63) is 69.0 Å². The number of halogens is 3. The fourth-order valence-electron chi connectivity index (χ4n) is 2.31. The molecule has 1 aromatic heterocycles. The van der Waals surface area contributed by atoms with Crippen LogP contribution in [0.1, 0.15) is 17.2 Å². The van der Waals surface area contributed by atoms with Gasteiger partial charge in [0, 0.05) is 21.7 Å². The van der Waals surface area contributed by atoms with E-state index in [0.717, 1.165) is 26.2 Å². The molecule has 0 aliphatic heterocycles. The molecule has 1 heterocycles. The first-order valence-corrected chi connectivity index (χ1v) is 8.01. The summed E-state index contributed by atoms with van der Waals surface area (Å²) < 4.78 is 28.6. The summed E-state index contributed by atoms with van der Waals surface area (Å²) in [6.07, 6.45) is -0.710. The highest BCUT2D eigenvalue weighted by molar-refractivity contribution is 9.10. The van der Waals surface area contributed by atoms with E-state index >= 15 is 0 Å². The summed E-state index contributed by atoms with van der Waals surface area (Å²) in [5.74, 6) is -1.24. The van der Waals surface area contributed by atoms with E-state index in [1.54, 1.807) is 0 Å². The second-order valence-corrected chi connectivity index (χ2v) is 6.50. The van der Waals surface area contributed by atoms with Crippen molar-refractivity contribution in [3.63, 3.8) is 0 Å². The predicted octanol–water partition coefficient (Wildman–Crippen LogP) is 5.22. The lowest BCUT2D eigenvalue weighted by Gasteiger charge is -2.11. The standard InChI is InChI=1S/C16H11BrF2OS/c17-13-3-1-2-11-12(8-21-16(11)13)15(20)6-9-4-5-10(18)7-14(9)19/h1-5,7-8,15,20H,6H2. The zero-order chi connectivity index (χ0) is 15.0. The van der Waals surface area contributed by atoms with Crippen molar-refractivity contribution in [1.29, 1.82) is 0 Å². The van der Waals surface area contributed by atoms with E-state index in [1.165, 1.54) is 23.5 Å². The average Bonchev–Trinajstić information content (AvgIpc) is 2.87. The van der Waals surface area contributed by atoms with Gasteiger partial charge in [-0.3, -0.25) is 0 Å². The van der Waals surface area contributed by atoms with E-state index in [-0.39, 0.29) is 6.42 Å². The number of thiophene rings is 1. The molecule has 3 rings (SSSR count). The number of rotatable bonds is 3. The van der Waals surface area contributed by atoms with E-state index in [1.807, 2.05) is 23.6 Å². The minimum atomic E-state index is -0.826. The molecule has 1 atom stereocenters. The Kier molecular flexibility index (Phi) is 4.06. The molecule has 0 aliphatic rings. The smallest absolute Gasteiger partial charge is 0.129 e. The zero-order valence-corrected chi connectivity index (χ0v) is 13.2. The fraction of sp³-hybridized carbons (Fsp3) is 0.125. The fourth-order valence-corrected chi connectivity index (χ4v) is 3.97. The van der Waals surface area contributed by atoms with Crippen LogP contribution in [0, 0.1) is 11.6 Å². The van der Waals surface area contributed by atoms with Crippen LogP contribution < -0.4 is 0 Å². The topological polar surface area (TPSA) is 20.2 Å². The van der Waals surface area contributed by atoms with Gasteiger partial charge < -0.3 is 5.11 Å². The van der Waals surface area contributed by atoms with Gasteiger partial charge in [-0.2, -0.15) is 0 Å². The molecule has 108 valence electrons. The van der Waals surface area contributed by atoms with Crippen LogP contribution in [0.25, 0.3) is 10.1 Å². The van der Waals surface area contributed by atoms with Crippen molar-refractivity contribution in [2.24, 2.45) is 0 Å². The highest BCUT2D eigenvalue weighted by Gasteiger charge is 2.17. The first-order chi connectivity index (χ1) is 10.1. The lowest BCUT2D eigenvalue weighted by molar-refractivity contribution is 0.179. The van der Waals surface area contributed by atoms with Crippen molar-refractivity contribution in [2.45, 2.75) is 12.5 Å². The van der Waals surface area contributed by atoms with Gasteiger partial charge in [0.1, 0.15) is 11.6 Å². The molecular formula is C16H11BrF2OS. The summed E-state index contributed by atoms with van der Waals surface area (Å²) in [5, 5.41) is 13.2. The third-order valence-corrected chi connectivity index (χ3v) is 5.34. The lowest BCUT2D eigenvalue weighted by atomic mass is 10.0. The minimum absolute atomic E-state index is 0.116. The van der Waals surface area contributed by atoms with Gasteiger partial charge in [0.15, 0.2) is 0 Å². The monoisotopic (exact) mass is 368 g/mol. The molecule has 21 heavy (non-hydrogen) atoms. The van der Waals surface area contributed by atoms with Crippen LogP contribution in [0.2, 0.25) is 0 Å². The number of aliphatic hydroxyl groups excluding tert-OH is 1. The molecule has 5 heteroatoms. The van der Waals surface area contributed by atoms with Crippen LogP contribution in [0.5, 0.6) is 0 Å². The Balaban J connectivity index is 1.94. The van der Waals surface area contributed by atoms with Crippen molar-refractivity contribution in [3.8, 4) is 0 Å². The summed E-state index contributed by atoms with van der Waals surface area (Å²) >= 11 is 5.00. The number of benzene rings is 2. The maximum absolute atomic E-state index is 13.7. The third-order valence-electron chi connectivity index (χ3n) is 3.37. The van der Waals surface area contributed by atoms with Crippen molar-refractivity contribution in [1.82, 2.24) is 0 Å². The Bertz CT molecular complexity index is 800. The van der Waals surface area contributed by atoms with E-state index in [2.05, 4.69) is 15.9 Å². The second kappa shape index (κ2) is 5.83. The minimum Gasteiger partial charge on any atom is -0.388 e. The highest BCUT2D eigenvalue weighted by atomic mass is 79.9. The van der Waals surface area contributed by atoms with Gasteiger partial charge >= 0.3 is 0 Å². The molecule has 0 aliphatic carbocycles. The van der Waals surface area contributed by atoms with E-state index < -0.39 is 17.7 Å². The van der Waals surface area contributed by atoms with E-state index in [4.69, 9.17) is 0 Å². The quantitative estimate of drug-likeness (QED) is 0.671. The Labute approximate surface area is 133 Å². The van der Waals surface area contributed by atoms with Gasteiger partial charge in [-0.15, -0.1) is 11.3 Å². The Morgan fingerprint density at radius 1 is 1.19 bits per heavy atom. The largest absolute Gasteiger partial charge is 0.388 e. The number of aliphatic hydroxyl groups is 1. The molecule has 0 amide bonds. The molecule has 0 fully saturated rings. The molecule has 3 aromatic rings. The Hall–Kier alpha value is -1.30. The van der Waals surface area contributed by atoms with Gasteiger partial charge in [0.2, 0.25) is 0 Å². The van der Waals surface area contributed by atoms with Crippen LogP contribution in [-0.4, -0.2) is 5.11 Å². The molecule has 1 N–H and O–H groups in total. The highest BCUT2D eigenvalue weighted by Crippen LogP contribution is 2.36. The van der Waals surface area contributed by atoms with Gasteiger partial charge in [0.05, 0.1) is 6.10 Å². The first-order valence-electron chi connectivity index (χ1n) is 6.34. The predicted molar refractivity (Wildman–Crippen MR) is 84.5 cm³/mol. The van der Waals surface area contributed by atoms with Crippen molar-refractivity contribution < 1.29 is 13.9 Å². The number of hydrogen-bond donors (Lipinski definition) is 1. The Morgan fingerprint density at radius 3 is 2.76 bits per heavy atom. The summed E-state index contributed by atoms with van der Waals surface area (Å²) in [6.45, 7) is 0. The maximum Gasteiger partial charge on any atom is 0.129 e. The van der Waals surface area contributed by atoms with Crippen LogP contribution in [-0.2, 0) is 6.42 Å². The zero-order valence-electron chi connectivity index (χ0n) is 10.8. The maximum atomic E-state index is 13.7. The van der Waals surface area contributed by atoms with E-state index in [9.17, 15) is 13.9 Å². The number of fused-ring (bicyclic) bond motifs is 1. The molecular weight excluding hydrogens is 358 g/mol. The average molecular weight is 369 g/mol. The van der Waals surface area contributed by atoms with Crippen LogP contribution in [0.3, 0.4) is 0 Å². The molecule has 0 bridgehead atoms. The van der Waals surface area contributed by atoms with Crippen molar-refractivity contribution in [2.75, 3.05) is 0 Å². The summed E-state index contributed by atoms with van der Waals surface area (Å²) in [6, 6.07) is 9.18. The molecule has 0 spiro atoms. The molecule has 1 unspecified atom stereocenters. The SMILES string of the molecule is OC(Cc1ccc(F)cc1F)c1csc2c(Br)cccc12. The molecule has 0 saturated heterocycles. The van der Waals surface area contributed by atoms with Gasteiger partial charge in [-0.05, 0) is 50.0 Å². The summed E-state index contributed by atoms with van der Waals surface area (Å²) in [7, 11) is 0. The Morgan fingerprint density at radius 2 is 2.00 bits per heavy atom. The lowest BCUT2D eigenvalue weighted by Crippen LogP contribution is -2.03. The number of hydrogen-bond acceptors (Lipinski definition) is 2. The molecule has 1 nitrogen and oxygen atoms in total. The summed E-state index contributed by atoms with van der Waals surface area (Å²) in [5.41, 5.74) is 1.07. The summed E-state index contributed by atoms with van der Waals surface area (Å²) in [4.78, 5) is 0. The van der Waals surface area contributed by atoms with Crippen LogP contribution in [0.4, 0.5) is 8.78 Å². The normalized spacial score (nSPS) is 12.8. The molecule has 0 radical (unpaired) electrons. The molecule has 2 aromatic carbocycles. The first kappa shape index (κ1) is 14.6. The van der Waals surface area contributed by atoms with Crippen LogP contribution in [0.15, 0.2) is 46.3 Å². The van der Waals surface area contributed by atoms with Crippen LogP contribution >= 0.6 is 27.3 Å².